The molecule has 1 aliphatic rings. The molecule has 3 heteroatoms. The van der Waals surface area contributed by atoms with Crippen LogP contribution >= 0.6 is 0 Å². The van der Waals surface area contributed by atoms with Crippen molar-refractivity contribution in [1.82, 2.24) is 4.90 Å². The number of rotatable bonds is 4. The highest BCUT2D eigenvalue weighted by molar-refractivity contribution is 5.43. The third kappa shape index (κ3) is 2.93. The van der Waals surface area contributed by atoms with Gasteiger partial charge in [0.05, 0.1) is 7.11 Å². The molecule has 1 fully saturated rings. The van der Waals surface area contributed by atoms with E-state index in [-0.39, 0.29) is 0 Å². The topological polar surface area (TPSA) is 38.5 Å². The van der Waals surface area contributed by atoms with Gasteiger partial charge in [0.1, 0.15) is 5.75 Å². The van der Waals surface area contributed by atoms with Crippen LogP contribution < -0.4 is 10.5 Å². The van der Waals surface area contributed by atoms with Crippen molar-refractivity contribution in [2.75, 3.05) is 26.7 Å². The number of methoxy groups -OCH3 is 1. The lowest BCUT2D eigenvalue weighted by Crippen LogP contribution is -2.32. The fraction of sp³-hybridized carbons (Fsp3) is 0.625. The van der Waals surface area contributed by atoms with Crippen LogP contribution in [0, 0.1) is 13.8 Å². The van der Waals surface area contributed by atoms with E-state index in [1.54, 1.807) is 7.11 Å². The zero-order valence-corrected chi connectivity index (χ0v) is 12.6. The summed E-state index contributed by atoms with van der Waals surface area (Å²) in [5, 5.41) is 0. The molecule has 2 unspecified atom stereocenters. The molecule has 106 valence electrons. The Hall–Kier alpha value is -1.06. The van der Waals surface area contributed by atoms with E-state index in [4.69, 9.17) is 10.5 Å². The van der Waals surface area contributed by atoms with Crippen molar-refractivity contribution >= 4 is 0 Å². The largest absolute Gasteiger partial charge is 0.497 e. The van der Waals surface area contributed by atoms with E-state index in [1.807, 2.05) is 0 Å². The first-order valence-electron chi connectivity index (χ1n) is 7.16. The molecule has 19 heavy (non-hydrogen) atoms. The van der Waals surface area contributed by atoms with Crippen LogP contribution in [0.25, 0.3) is 0 Å². The molecule has 0 bridgehead atoms. The first-order chi connectivity index (χ1) is 9.06. The second-order valence-corrected chi connectivity index (χ2v) is 5.74. The number of hydrogen-bond acceptors (Lipinski definition) is 3. The lowest BCUT2D eigenvalue weighted by molar-refractivity contribution is 0.275. The molecular formula is C16H26N2O. The third-order valence-corrected chi connectivity index (χ3v) is 4.33. The van der Waals surface area contributed by atoms with E-state index in [2.05, 4.69) is 37.8 Å². The smallest absolute Gasteiger partial charge is 0.119 e. The van der Waals surface area contributed by atoms with Crippen LogP contribution in [0.4, 0.5) is 0 Å². The molecule has 2 N–H and O–H groups in total. The van der Waals surface area contributed by atoms with Gasteiger partial charge in [-0.05, 0) is 61.9 Å². The molecule has 0 saturated carbocycles. The summed E-state index contributed by atoms with van der Waals surface area (Å²) in [5.41, 5.74) is 9.90. The highest BCUT2D eigenvalue weighted by Crippen LogP contribution is 2.36. The van der Waals surface area contributed by atoms with Gasteiger partial charge in [-0.3, -0.25) is 4.90 Å². The summed E-state index contributed by atoms with van der Waals surface area (Å²) >= 11 is 0. The standard InChI is InChI=1S/C16H26N2O/c1-11-7-15(19-4)8-12(2)16(11)14-9-13(3)18(10-14)6-5-17/h7-8,13-14H,5-6,9-10,17H2,1-4H3. The van der Waals surface area contributed by atoms with E-state index >= 15 is 0 Å². The molecule has 2 rings (SSSR count). The van der Waals surface area contributed by atoms with E-state index in [9.17, 15) is 0 Å². The summed E-state index contributed by atoms with van der Waals surface area (Å²) in [6, 6.07) is 4.94. The van der Waals surface area contributed by atoms with Gasteiger partial charge in [0.25, 0.3) is 0 Å². The van der Waals surface area contributed by atoms with Gasteiger partial charge in [-0.15, -0.1) is 0 Å². The lowest BCUT2D eigenvalue weighted by Gasteiger charge is -2.20. The highest BCUT2D eigenvalue weighted by Gasteiger charge is 2.31. The zero-order valence-electron chi connectivity index (χ0n) is 12.6. The predicted molar refractivity (Wildman–Crippen MR) is 79.9 cm³/mol. The van der Waals surface area contributed by atoms with E-state index < -0.39 is 0 Å². The fourth-order valence-electron chi connectivity index (χ4n) is 3.48. The molecule has 1 aliphatic heterocycles. The quantitative estimate of drug-likeness (QED) is 0.906. The van der Waals surface area contributed by atoms with Gasteiger partial charge >= 0.3 is 0 Å². The van der Waals surface area contributed by atoms with Crippen molar-refractivity contribution in [3.8, 4) is 5.75 Å². The van der Waals surface area contributed by atoms with Crippen molar-refractivity contribution in [3.63, 3.8) is 0 Å². The Morgan fingerprint density at radius 2 is 1.95 bits per heavy atom. The monoisotopic (exact) mass is 262 g/mol. The van der Waals surface area contributed by atoms with Gasteiger partial charge in [-0.1, -0.05) is 0 Å². The van der Waals surface area contributed by atoms with Crippen molar-refractivity contribution in [3.05, 3.63) is 28.8 Å². The fourth-order valence-corrected chi connectivity index (χ4v) is 3.48. The van der Waals surface area contributed by atoms with Crippen LogP contribution in [0.1, 0.15) is 36.0 Å². The summed E-state index contributed by atoms with van der Waals surface area (Å²) in [5.74, 6) is 1.59. The molecule has 1 heterocycles. The van der Waals surface area contributed by atoms with Crippen molar-refractivity contribution in [1.29, 1.82) is 0 Å². The minimum atomic E-state index is 0.632. The molecule has 0 amide bonds. The maximum atomic E-state index is 5.69. The first kappa shape index (κ1) is 14.4. The van der Waals surface area contributed by atoms with E-state index in [0.29, 0.717) is 12.0 Å². The second-order valence-electron chi connectivity index (χ2n) is 5.74. The lowest BCUT2D eigenvalue weighted by atomic mass is 9.89. The van der Waals surface area contributed by atoms with Gasteiger partial charge in [-0.25, -0.2) is 0 Å². The third-order valence-electron chi connectivity index (χ3n) is 4.33. The number of hydrogen-bond donors (Lipinski definition) is 1. The average molecular weight is 262 g/mol. The number of likely N-dealkylation sites (tertiary alicyclic amines) is 1. The minimum Gasteiger partial charge on any atom is -0.497 e. The van der Waals surface area contributed by atoms with Gasteiger partial charge in [0.15, 0.2) is 0 Å². The first-order valence-corrected chi connectivity index (χ1v) is 7.16. The molecule has 0 spiro atoms. The van der Waals surface area contributed by atoms with Crippen molar-refractivity contribution < 1.29 is 4.74 Å². The van der Waals surface area contributed by atoms with E-state index in [1.165, 1.54) is 23.1 Å². The van der Waals surface area contributed by atoms with Crippen molar-refractivity contribution in [2.24, 2.45) is 5.73 Å². The molecule has 1 aromatic carbocycles. The second kappa shape index (κ2) is 5.93. The highest BCUT2D eigenvalue weighted by atomic mass is 16.5. The van der Waals surface area contributed by atoms with Crippen LogP contribution in [-0.2, 0) is 0 Å². The van der Waals surface area contributed by atoms with Gasteiger partial charge in [0, 0.05) is 25.7 Å². The normalized spacial score (nSPS) is 23.8. The Balaban J connectivity index is 2.24. The minimum absolute atomic E-state index is 0.632. The molecule has 3 nitrogen and oxygen atoms in total. The SMILES string of the molecule is COc1cc(C)c(C2CC(C)N(CCN)C2)c(C)c1. The van der Waals surface area contributed by atoms with Crippen LogP contribution in [0.5, 0.6) is 5.75 Å². The summed E-state index contributed by atoms with van der Waals surface area (Å²) in [4.78, 5) is 2.51. The maximum absolute atomic E-state index is 5.69. The van der Waals surface area contributed by atoms with Crippen LogP contribution in [0.2, 0.25) is 0 Å². The number of aryl methyl sites for hydroxylation is 2. The van der Waals surface area contributed by atoms with Crippen molar-refractivity contribution in [2.45, 2.75) is 39.2 Å². The van der Waals surface area contributed by atoms with Crippen LogP contribution in [0.3, 0.4) is 0 Å². The molecule has 0 aliphatic carbocycles. The van der Waals surface area contributed by atoms with Crippen LogP contribution in [-0.4, -0.2) is 37.7 Å². The van der Waals surface area contributed by atoms with Gasteiger partial charge < -0.3 is 10.5 Å². The van der Waals surface area contributed by atoms with Gasteiger partial charge in [-0.2, -0.15) is 0 Å². The van der Waals surface area contributed by atoms with E-state index in [0.717, 1.165) is 25.4 Å². The number of nitrogens with zero attached hydrogens (tertiary/aromatic N) is 1. The Bertz CT molecular complexity index is 421. The predicted octanol–water partition coefficient (Wildman–Crippen LogP) is 2.45. The summed E-state index contributed by atoms with van der Waals surface area (Å²) in [6.07, 6.45) is 1.23. The molecule has 1 aromatic rings. The molecule has 2 atom stereocenters. The number of ether oxygens (including phenoxy) is 1. The number of benzene rings is 1. The number of nitrogens with two attached hydrogens (primary N) is 1. The van der Waals surface area contributed by atoms with Gasteiger partial charge in [0.2, 0.25) is 0 Å². The molecule has 1 saturated heterocycles. The molecule has 0 aromatic heterocycles. The zero-order chi connectivity index (χ0) is 14.0. The summed E-state index contributed by atoms with van der Waals surface area (Å²) in [7, 11) is 1.73. The Kier molecular flexibility index (Phi) is 4.48. The molecular weight excluding hydrogens is 236 g/mol. The summed E-state index contributed by atoms with van der Waals surface area (Å²) in [6.45, 7) is 9.59. The molecule has 0 radical (unpaired) electrons. The Morgan fingerprint density at radius 3 is 2.47 bits per heavy atom. The average Bonchev–Trinajstić information content (AvgIpc) is 2.70. The van der Waals surface area contributed by atoms with Crippen LogP contribution in [0.15, 0.2) is 12.1 Å². The summed E-state index contributed by atoms with van der Waals surface area (Å²) < 4.78 is 5.35. The Labute approximate surface area is 116 Å². The maximum Gasteiger partial charge on any atom is 0.119 e. The Morgan fingerprint density at radius 1 is 1.32 bits per heavy atom.